The fourth-order valence-electron chi connectivity index (χ4n) is 4.29. The third kappa shape index (κ3) is 6.20. The lowest BCUT2D eigenvalue weighted by Crippen LogP contribution is -2.38. The average molecular weight is 515 g/mol. The summed E-state index contributed by atoms with van der Waals surface area (Å²) in [5.74, 6) is -1.45. The molecule has 0 radical (unpaired) electrons. The van der Waals surface area contributed by atoms with Gasteiger partial charge in [0.05, 0.1) is 11.1 Å². The van der Waals surface area contributed by atoms with Gasteiger partial charge in [0.25, 0.3) is 5.91 Å². The number of benzene rings is 2. The summed E-state index contributed by atoms with van der Waals surface area (Å²) < 4.78 is 70.8. The summed E-state index contributed by atoms with van der Waals surface area (Å²) in [4.78, 5) is 14.4. The molecule has 1 unspecified atom stereocenters. The van der Waals surface area contributed by atoms with Crippen molar-refractivity contribution in [3.05, 3.63) is 64.5 Å². The Bertz CT molecular complexity index is 1120. The Morgan fingerprint density at radius 3 is 2.46 bits per heavy atom. The Labute approximate surface area is 203 Å². The highest BCUT2D eigenvalue weighted by atomic mass is 32.2. The summed E-state index contributed by atoms with van der Waals surface area (Å²) in [6.45, 7) is 1.70. The zero-order valence-electron chi connectivity index (χ0n) is 19.1. The van der Waals surface area contributed by atoms with Gasteiger partial charge >= 0.3 is 6.18 Å². The van der Waals surface area contributed by atoms with E-state index in [0.29, 0.717) is 32.5 Å². The number of hydrogen-bond acceptors (Lipinski definition) is 5. The molecule has 11 heteroatoms. The van der Waals surface area contributed by atoms with Gasteiger partial charge in [0, 0.05) is 25.9 Å². The third-order valence-corrected chi connectivity index (χ3v) is 6.94. The standard InChI is InChI=1S/C24H26F4N2O4S/c1-35(33)30(32)23(31)21-13-20(15-5-6-15)16(11-22(21)25)14-29-9-7-18(8-10-29)34-19-4-2-3-17(12-19)24(26,27)28/h2-4,11-13,15,18,32H,5-10,14H2,1H3. The molecule has 1 heterocycles. The fourth-order valence-corrected chi connectivity index (χ4v) is 4.62. The van der Waals surface area contributed by atoms with Gasteiger partial charge in [-0.1, -0.05) is 6.07 Å². The van der Waals surface area contributed by atoms with Crippen molar-refractivity contribution in [3.63, 3.8) is 0 Å². The summed E-state index contributed by atoms with van der Waals surface area (Å²) in [6, 6.07) is 7.59. The minimum atomic E-state index is -4.43. The maximum Gasteiger partial charge on any atom is 0.416 e. The number of alkyl halides is 3. The molecule has 2 aromatic carbocycles. The lowest BCUT2D eigenvalue weighted by Gasteiger charge is -2.32. The first-order valence-corrected chi connectivity index (χ1v) is 12.8. The van der Waals surface area contributed by atoms with E-state index in [1.807, 2.05) is 0 Å². The molecule has 0 spiro atoms. The van der Waals surface area contributed by atoms with Crippen molar-refractivity contribution in [2.45, 2.75) is 50.4 Å². The summed E-state index contributed by atoms with van der Waals surface area (Å²) in [5, 5.41) is 9.67. The van der Waals surface area contributed by atoms with E-state index in [-0.39, 0.29) is 27.8 Å². The average Bonchev–Trinajstić information content (AvgIpc) is 3.64. The van der Waals surface area contributed by atoms with Crippen molar-refractivity contribution < 1.29 is 36.5 Å². The maximum atomic E-state index is 14.8. The minimum absolute atomic E-state index is 0.0178. The van der Waals surface area contributed by atoms with Crippen LogP contribution in [0.2, 0.25) is 0 Å². The van der Waals surface area contributed by atoms with E-state index in [4.69, 9.17) is 4.74 Å². The fraction of sp³-hybridized carbons (Fsp3) is 0.458. The highest BCUT2D eigenvalue weighted by Gasteiger charge is 2.32. The molecule has 2 aromatic rings. The second-order valence-electron chi connectivity index (χ2n) is 8.93. The molecule has 6 nitrogen and oxygen atoms in total. The molecule has 1 aliphatic carbocycles. The van der Waals surface area contributed by atoms with E-state index in [1.165, 1.54) is 24.3 Å². The Balaban J connectivity index is 1.41. The molecule has 1 amide bonds. The van der Waals surface area contributed by atoms with Crippen LogP contribution in [-0.4, -0.2) is 50.1 Å². The van der Waals surface area contributed by atoms with E-state index >= 15 is 0 Å². The van der Waals surface area contributed by atoms with E-state index in [9.17, 15) is 31.8 Å². The van der Waals surface area contributed by atoms with Crippen molar-refractivity contribution in [1.29, 1.82) is 0 Å². The number of hydrogen-bond donors (Lipinski definition) is 1. The lowest BCUT2D eigenvalue weighted by atomic mass is 9.97. The molecule has 4 rings (SSSR count). The van der Waals surface area contributed by atoms with Crippen LogP contribution in [0.3, 0.4) is 0 Å². The maximum absolute atomic E-state index is 14.8. The number of carbonyl (C=O) groups is 1. The van der Waals surface area contributed by atoms with Gasteiger partial charge in [-0.05, 0) is 73.1 Å². The summed E-state index contributed by atoms with van der Waals surface area (Å²) in [6.07, 6.45) is -0.484. The molecule has 2 fully saturated rings. The van der Waals surface area contributed by atoms with Crippen molar-refractivity contribution >= 4 is 16.9 Å². The van der Waals surface area contributed by atoms with Crippen LogP contribution in [0.1, 0.15) is 58.6 Å². The van der Waals surface area contributed by atoms with Crippen LogP contribution in [0.15, 0.2) is 36.4 Å². The highest BCUT2D eigenvalue weighted by Crippen LogP contribution is 2.43. The van der Waals surface area contributed by atoms with Gasteiger partial charge in [-0.3, -0.25) is 14.9 Å². The predicted octanol–water partition coefficient (Wildman–Crippen LogP) is 4.89. The molecule has 1 aliphatic heterocycles. The Morgan fingerprint density at radius 1 is 1.17 bits per heavy atom. The van der Waals surface area contributed by atoms with Gasteiger partial charge in [0.15, 0.2) is 0 Å². The molecule has 35 heavy (non-hydrogen) atoms. The van der Waals surface area contributed by atoms with Gasteiger partial charge in [-0.2, -0.15) is 13.2 Å². The molecule has 1 atom stereocenters. The van der Waals surface area contributed by atoms with Gasteiger partial charge in [-0.15, -0.1) is 4.47 Å². The first-order valence-electron chi connectivity index (χ1n) is 11.3. The quantitative estimate of drug-likeness (QED) is 0.324. The number of carbonyl (C=O) groups excluding carboxylic acids is 1. The lowest BCUT2D eigenvalue weighted by molar-refractivity contribution is -0.137. The van der Waals surface area contributed by atoms with Crippen LogP contribution < -0.4 is 4.74 Å². The molecule has 190 valence electrons. The van der Waals surface area contributed by atoms with Gasteiger partial charge in [-0.25, -0.2) is 8.60 Å². The third-order valence-electron chi connectivity index (χ3n) is 6.29. The summed E-state index contributed by atoms with van der Waals surface area (Å²) in [7, 11) is -1.99. The van der Waals surface area contributed by atoms with E-state index in [1.54, 1.807) is 0 Å². The SMILES string of the molecule is CS(=O)N(O)C(=O)c1cc(C2CC2)c(CN2CCC(Oc3cccc(C(F)(F)F)c3)CC2)cc1F. The van der Waals surface area contributed by atoms with Gasteiger partial charge < -0.3 is 4.74 Å². The minimum Gasteiger partial charge on any atom is -0.490 e. The van der Waals surface area contributed by atoms with Crippen LogP contribution in [0.4, 0.5) is 17.6 Å². The van der Waals surface area contributed by atoms with Gasteiger partial charge in [0.1, 0.15) is 28.7 Å². The van der Waals surface area contributed by atoms with Crippen molar-refractivity contribution in [2.24, 2.45) is 0 Å². The first-order chi connectivity index (χ1) is 16.5. The zero-order valence-corrected chi connectivity index (χ0v) is 19.9. The molecule has 1 N–H and O–H groups in total. The topological polar surface area (TPSA) is 70.1 Å². The molecular weight excluding hydrogens is 488 g/mol. The zero-order chi connectivity index (χ0) is 25.3. The molecule has 1 saturated heterocycles. The number of halogens is 4. The van der Waals surface area contributed by atoms with Crippen LogP contribution >= 0.6 is 0 Å². The van der Waals surface area contributed by atoms with Crippen LogP contribution in [-0.2, 0) is 23.7 Å². The number of rotatable bonds is 7. The van der Waals surface area contributed by atoms with Crippen molar-refractivity contribution in [1.82, 2.24) is 9.37 Å². The molecule has 0 bridgehead atoms. The number of piperidine rings is 1. The normalized spacial score (nSPS) is 18.3. The number of likely N-dealkylation sites (tertiary alicyclic amines) is 1. The Morgan fingerprint density at radius 2 is 1.86 bits per heavy atom. The second kappa shape index (κ2) is 10.2. The predicted molar refractivity (Wildman–Crippen MR) is 121 cm³/mol. The highest BCUT2D eigenvalue weighted by molar-refractivity contribution is 7.82. The smallest absolute Gasteiger partial charge is 0.416 e. The Kier molecular flexibility index (Phi) is 7.48. The van der Waals surface area contributed by atoms with Crippen LogP contribution in [0, 0.1) is 5.82 Å². The number of nitrogens with zero attached hydrogens (tertiary/aromatic N) is 2. The number of hydroxylamine groups is 1. The van der Waals surface area contributed by atoms with E-state index in [2.05, 4.69) is 4.90 Å². The van der Waals surface area contributed by atoms with E-state index < -0.39 is 34.4 Å². The van der Waals surface area contributed by atoms with Crippen molar-refractivity contribution in [2.75, 3.05) is 19.3 Å². The summed E-state index contributed by atoms with van der Waals surface area (Å²) in [5.41, 5.74) is 0.522. The monoisotopic (exact) mass is 514 g/mol. The second-order valence-corrected chi connectivity index (χ2v) is 10.1. The first kappa shape index (κ1) is 25.6. The number of ether oxygens (including phenoxy) is 1. The molecule has 1 saturated carbocycles. The van der Waals surface area contributed by atoms with E-state index in [0.717, 1.165) is 42.4 Å². The molecular formula is C24H26F4N2O4S. The number of amides is 1. The summed E-state index contributed by atoms with van der Waals surface area (Å²) >= 11 is 0. The van der Waals surface area contributed by atoms with Crippen LogP contribution in [0.25, 0.3) is 0 Å². The van der Waals surface area contributed by atoms with Crippen LogP contribution in [0.5, 0.6) is 5.75 Å². The van der Waals surface area contributed by atoms with Gasteiger partial charge in [0.2, 0.25) is 0 Å². The van der Waals surface area contributed by atoms with Crippen molar-refractivity contribution in [3.8, 4) is 5.75 Å². The largest absolute Gasteiger partial charge is 0.490 e. The Hall–Kier alpha value is -2.50. The molecule has 2 aliphatic rings. The molecule has 0 aromatic heterocycles.